The van der Waals surface area contributed by atoms with E-state index in [4.69, 9.17) is 0 Å². The highest BCUT2D eigenvalue weighted by molar-refractivity contribution is 5.89. The van der Waals surface area contributed by atoms with Gasteiger partial charge in [0.25, 0.3) is 5.78 Å². The number of carbonyl (C=O) groups is 1. The van der Waals surface area contributed by atoms with Crippen LogP contribution in [0.2, 0.25) is 0 Å². The quantitative estimate of drug-likeness (QED) is 0.706. The molecule has 118 valence electrons. The molecule has 3 aromatic rings. The van der Waals surface area contributed by atoms with Crippen LogP contribution in [0.25, 0.3) is 5.78 Å². The number of benzene rings is 1. The zero-order valence-electron chi connectivity index (χ0n) is 12.2. The molecule has 0 saturated heterocycles. The van der Waals surface area contributed by atoms with E-state index in [1.54, 1.807) is 10.7 Å². The summed E-state index contributed by atoms with van der Waals surface area (Å²) in [5, 5.41) is 9.41. The second kappa shape index (κ2) is 6.82. The van der Waals surface area contributed by atoms with E-state index in [0.29, 0.717) is 18.0 Å². The first-order chi connectivity index (χ1) is 11.2. The average Bonchev–Trinajstić information content (AvgIpc) is 3.01. The summed E-state index contributed by atoms with van der Waals surface area (Å²) in [6.45, 7) is 0.516. The zero-order valence-corrected chi connectivity index (χ0v) is 12.2. The van der Waals surface area contributed by atoms with Gasteiger partial charge in [-0.25, -0.2) is 18.7 Å². The van der Waals surface area contributed by atoms with E-state index in [-0.39, 0.29) is 11.8 Å². The zero-order chi connectivity index (χ0) is 16.1. The van der Waals surface area contributed by atoms with E-state index in [9.17, 15) is 9.18 Å². The monoisotopic (exact) mass is 314 g/mol. The first kappa shape index (κ1) is 14.9. The molecule has 0 fully saturated rings. The lowest BCUT2D eigenvalue weighted by Crippen LogP contribution is -2.29. The number of aromatic nitrogens is 4. The molecule has 2 aromatic heterocycles. The maximum Gasteiger partial charge on any atom is 0.319 e. The molecule has 0 bridgehead atoms. The number of hydrogen-bond acceptors (Lipinski definition) is 4. The van der Waals surface area contributed by atoms with E-state index in [1.807, 2.05) is 6.20 Å². The van der Waals surface area contributed by atoms with E-state index in [0.717, 1.165) is 18.4 Å². The SMILES string of the molecule is O=C(NCCCc1cnc2ncnn2c1)Nc1ccc(F)cc1. The Labute approximate surface area is 131 Å². The lowest BCUT2D eigenvalue weighted by molar-refractivity contribution is 0.252. The molecule has 0 aliphatic heterocycles. The minimum atomic E-state index is -0.339. The second-order valence-electron chi connectivity index (χ2n) is 4.96. The number of amides is 2. The maximum absolute atomic E-state index is 12.8. The highest BCUT2D eigenvalue weighted by Crippen LogP contribution is 2.07. The van der Waals surface area contributed by atoms with Gasteiger partial charge in [0.2, 0.25) is 0 Å². The molecule has 0 unspecified atom stereocenters. The minimum absolute atomic E-state index is 0.318. The van der Waals surface area contributed by atoms with Crippen molar-refractivity contribution >= 4 is 17.5 Å². The van der Waals surface area contributed by atoms with Crippen molar-refractivity contribution in [1.29, 1.82) is 0 Å². The van der Waals surface area contributed by atoms with Crippen LogP contribution in [-0.2, 0) is 6.42 Å². The highest BCUT2D eigenvalue weighted by atomic mass is 19.1. The summed E-state index contributed by atoms with van der Waals surface area (Å²) < 4.78 is 14.4. The number of hydrogen-bond donors (Lipinski definition) is 2. The van der Waals surface area contributed by atoms with Crippen LogP contribution in [0.1, 0.15) is 12.0 Å². The minimum Gasteiger partial charge on any atom is -0.338 e. The van der Waals surface area contributed by atoms with E-state index >= 15 is 0 Å². The summed E-state index contributed by atoms with van der Waals surface area (Å²) in [5.41, 5.74) is 1.56. The molecule has 0 saturated carbocycles. The second-order valence-corrected chi connectivity index (χ2v) is 4.96. The fraction of sp³-hybridized carbons (Fsp3) is 0.200. The largest absolute Gasteiger partial charge is 0.338 e. The number of anilines is 1. The summed E-state index contributed by atoms with van der Waals surface area (Å²) in [6, 6.07) is 5.29. The van der Waals surface area contributed by atoms with Crippen molar-refractivity contribution in [1.82, 2.24) is 24.9 Å². The molecule has 1 aromatic carbocycles. The van der Waals surface area contributed by atoms with Crippen LogP contribution in [0.5, 0.6) is 0 Å². The predicted octanol–water partition coefficient (Wildman–Crippen LogP) is 2.02. The van der Waals surface area contributed by atoms with Gasteiger partial charge < -0.3 is 10.6 Å². The Kier molecular flexibility index (Phi) is 4.41. The van der Waals surface area contributed by atoms with Crippen LogP contribution in [0.15, 0.2) is 43.0 Å². The Bertz CT molecular complexity index is 801. The Hall–Kier alpha value is -3.03. The van der Waals surface area contributed by atoms with Crippen LogP contribution in [0.3, 0.4) is 0 Å². The summed E-state index contributed by atoms with van der Waals surface area (Å²) in [6.07, 6.45) is 6.60. The standard InChI is InChI=1S/C15H15FN6O/c16-12-3-5-13(6-4-12)21-15(23)17-7-1-2-11-8-18-14-19-10-20-22(14)9-11/h3-6,8-10H,1-2,7H2,(H2,17,21,23). The van der Waals surface area contributed by atoms with Crippen LogP contribution in [0, 0.1) is 5.82 Å². The molecule has 0 radical (unpaired) electrons. The lowest BCUT2D eigenvalue weighted by atomic mass is 10.2. The van der Waals surface area contributed by atoms with Gasteiger partial charge in [-0.1, -0.05) is 0 Å². The lowest BCUT2D eigenvalue weighted by Gasteiger charge is -2.07. The summed E-state index contributed by atoms with van der Waals surface area (Å²) >= 11 is 0. The van der Waals surface area contributed by atoms with Gasteiger partial charge in [-0.05, 0) is 42.7 Å². The van der Waals surface area contributed by atoms with Crippen molar-refractivity contribution in [2.45, 2.75) is 12.8 Å². The molecule has 8 heteroatoms. The average molecular weight is 314 g/mol. The fourth-order valence-electron chi connectivity index (χ4n) is 2.09. The third-order valence-corrected chi connectivity index (χ3v) is 3.22. The van der Waals surface area contributed by atoms with Gasteiger partial charge in [-0.15, -0.1) is 0 Å². The maximum atomic E-state index is 12.8. The van der Waals surface area contributed by atoms with Crippen molar-refractivity contribution in [2.24, 2.45) is 0 Å². The number of urea groups is 1. The molecule has 23 heavy (non-hydrogen) atoms. The third kappa shape index (κ3) is 4.00. The van der Waals surface area contributed by atoms with Crippen molar-refractivity contribution in [3.8, 4) is 0 Å². The topological polar surface area (TPSA) is 84.2 Å². The first-order valence-electron chi connectivity index (χ1n) is 7.15. The van der Waals surface area contributed by atoms with Crippen molar-refractivity contribution < 1.29 is 9.18 Å². The molecule has 0 spiro atoms. The van der Waals surface area contributed by atoms with Crippen molar-refractivity contribution in [2.75, 3.05) is 11.9 Å². The van der Waals surface area contributed by atoms with Gasteiger partial charge in [0.1, 0.15) is 12.1 Å². The van der Waals surface area contributed by atoms with E-state index in [1.165, 1.54) is 30.6 Å². The number of rotatable bonds is 5. The van der Waals surface area contributed by atoms with E-state index < -0.39 is 0 Å². The Morgan fingerprint density at radius 3 is 2.87 bits per heavy atom. The van der Waals surface area contributed by atoms with Gasteiger partial charge in [0, 0.05) is 24.6 Å². The molecular formula is C15H15FN6O. The Balaban J connectivity index is 1.42. The van der Waals surface area contributed by atoms with Gasteiger partial charge >= 0.3 is 6.03 Å². The number of nitrogens with one attached hydrogen (secondary N) is 2. The van der Waals surface area contributed by atoms with Crippen LogP contribution < -0.4 is 10.6 Å². The highest BCUT2D eigenvalue weighted by Gasteiger charge is 2.03. The summed E-state index contributed by atoms with van der Waals surface area (Å²) in [7, 11) is 0. The normalized spacial score (nSPS) is 10.7. The first-order valence-corrected chi connectivity index (χ1v) is 7.15. The molecule has 0 aliphatic rings. The summed E-state index contributed by atoms with van der Waals surface area (Å²) in [4.78, 5) is 19.9. The number of halogens is 1. The van der Waals surface area contributed by atoms with Gasteiger partial charge in [0.05, 0.1) is 0 Å². The number of aryl methyl sites for hydroxylation is 1. The van der Waals surface area contributed by atoms with Crippen LogP contribution in [0.4, 0.5) is 14.9 Å². The number of nitrogens with zero attached hydrogens (tertiary/aromatic N) is 4. The Morgan fingerprint density at radius 2 is 2.04 bits per heavy atom. The summed E-state index contributed by atoms with van der Waals surface area (Å²) in [5.74, 6) is 0.222. The molecule has 2 amide bonds. The smallest absolute Gasteiger partial charge is 0.319 e. The van der Waals surface area contributed by atoms with Crippen LogP contribution in [-0.4, -0.2) is 32.2 Å². The molecule has 2 heterocycles. The molecule has 7 nitrogen and oxygen atoms in total. The molecule has 2 N–H and O–H groups in total. The Morgan fingerprint density at radius 1 is 1.22 bits per heavy atom. The molecule has 0 aliphatic carbocycles. The molecular weight excluding hydrogens is 299 g/mol. The molecule has 0 atom stereocenters. The van der Waals surface area contributed by atoms with Crippen molar-refractivity contribution in [3.63, 3.8) is 0 Å². The number of carbonyl (C=O) groups excluding carboxylic acids is 1. The van der Waals surface area contributed by atoms with E-state index in [2.05, 4.69) is 25.7 Å². The van der Waals surface area contributed by atoms with Crippen LogP contribution >= 0.6 is 0 Å². The van der Waals surface area contributed by atoms with Gasteiger partial charge in [0.15, 0.2) is 0 Å². The third-order valence-electron chi connectivity index (χ3n) is 3.22. The predicted molar refractivity (Wildman–Crippen MR) is 82.5 cm³/mol. The van der Waals surface area contributed by atoms with Gasteiger partial charge in [-0.2, -0.15) is 10.1 Å². The number of fused-ring (bicyclic) bond motifs is 1. The fourth-order valence-corrected chi connectivity index (χ4v) is 2.09. The molecule has 3 rings (SSSR count). The van der Waals surface area contributed by atoms with Gasteiger partial charge in [-0.3, -0.25) is 0 Å². The van der Waals surface area contributed by atoms with Crippen molar-refractivity contribution in [3.05, 3.63) is 54.4 Å².